The highest BCUT2D eigenvalue weighted by molar-refractivity contribution is 7.39. The Morgan fingerprint density at radius 2 is 0.923 bits per heavy atom. The molecule has 3 nitrogen and oxygen atoms in total. The van der Waals surface area contributed by atoms with Gasteiger partial charge in [-0.25, -0.2) is 0 Å². The summed E-state index contributed by atoms with van der Waals surface area (Å²) in [5.74, 6) is 0. The predicted molar refractivity (Wildman–Crippen MR) is 232 cm³/mol. The Bertz CT molecular complexity index is 1540. The molecule has 1 saturated carbocycles. The molecule has 0 saturated heterocycles. The minimum atomic E-state index is -1.48. The average molecular weight is 734 g/mol. The van der Waals surface area contributed by atoms with Gasteiger partial charge in [-0.3, -0.25) is 0 Å². The third-order valence-corrected chi connectivity index (χ3v) is 13.7. The van der Waals surface area contributed by atoms with Gasteiger partial charge in [-0.15, -0.1) is 0 Å². The lowest BCUT2D eigenvalue weighted by atomic mass is 9.77. The van der Waals surface area contributed by atoms with Gasteiger partial charge in [0.1, 0.15) is 11.2 Å². The van der Waals surface area contributed by atoms with Crippen molar-refractivity contribution >= 4 is 30.1 Å². The van der Waals surface area contributed by atoms with E-state index in [2.05, 4.69) is 133 Å². The van der Waals surface area contributed by atoms with Gasteiger partial charge in [0.2, 0.25) is 0 Å². The van der Waals surface area contributed by atoms with Crippen LogP contribution < -0.4 is 4.67 Å². The second-order valence-corrected chi connectivity index (χ2v) is 22.5. The van der Waals surface area contributed by atoms with E-state index in [1.165, 1.54) is 123 Å². The predicted octanol–water partition coefficient (Wildman–Crippen LogP) is 16.5. The molecule has 4 heteroatoms. The maximum atomic E-state index is 7.71. The van der Waals surface area contributed by atoms with E-state index >= 15 is 0 Å². The maximum Gasteiger partial charge on any atom is 0.310 e. The molecule has 0 atom stereocenters. The van der Waals surface area contributed by atoms with Crippen LogP contribution in [0.15, 0.2) is 32.7 Å². The smallest absolute Gasteiger partial charge is 0.310 e. The van der Waals surface area contributed by atoms with E-state index in [9.17, 15) is 0 Å². The van der Waals surface area contributed by atoms with Crippen molar-refractivity contribution in [3.63, 3.8) is 0 Å². The van der Waals surface area contributed by atoms with Gasteiger partial charge in [0.15, 0.2) is 0 Å². The molecule has 294 valence electrons. The maximum absolute atomic E-state index is 7.71. The van der Waals surface area contributed by atoms with Gasteiger partial charge >= 0.3 is 8.16 Å². The Morgan fingerprint density at radius 1 is 0.538 bits per heavy atom. The van der Waals surface area contributed by atoms with Crippen LogP contribution in [-0.2, 0) is 21.7 Å². The van der Waals surface area contributed by atoms with Crippen LogP contribution in [0.3, 0.4) is 0 Å². The molecule has 0 radical (unpaired) electrons. The monoisotopic (exact) mass is 734 g/mol. The van der Waals surface area contributed by atoms with E-state index in [1.54, 1.807) is 0 Å². The summed E-state index contributed by atoms with van der Waals surface area (Å²) in [5, 5.41) is 2.41. The van der Waals surface area contributed by atoms with Gasteiger partial charge in [-0.1, -0.05) is 179 Å². The van der Waals surface area contributed by atoms with Crippen molar-refractivity contribution in [1.29, 1.82) is 0 Å². The summed E-state index contributed by atoms with van der Waals surface area (Å²) in [5.41, 5.74) is 7.05. The van der Waals surface area contributed by atoms with Crippen molar-refractivity contribution in [3.05, 3.63) is 46.5 Å². The molecule has 0 amide bonds. The molecule has 0 N–H and O–H groups in total. The number of fused-ring (bicyclic) bond motifs is 3. The molecule has 4 rings (SSSR count). The number of rotatable bonds is 7. The highest BCUT2D eigenvalue weighted by Gasteiger charge is 2.38. The Morgan fingerprint density at radius 3 is 1.27 bits per heavy atom. The zero-order chi connectivity index (χ0) is 38.7. The third kappa shape index (κ3) is 10.7. The molecule has 52 heavy (non-hydrogen) atoms. The Labute approximate surface area is 322 Å². The Kier molecular flexibility index (Phi) is 14.1. The molecule has 1 aromatic heterocycles. The lowest BCUT2D eigenvalue weighted by molar-refractivity contribution is 0.346. The first-order chi connectivity index (χ1) is 24.1. The van der Waals surface area contributed by atoms with Crippen LogP contribution in [0.2, 0.25) is 0 Å². The molecule has 0 aliphatic heterocycles. The lowest BCUT2D eigenvalue weighted by Gasteiger charge is -2.41. The van der Waals surface area contributed by atoms with Gasteiger partial charge in [0, 0.05) is 33.5 Å². The van der Waals surface area contributed by atoms with Gasteiger partial charge in [-0.2, -0.15) is 4.67 Å². The van der Waals surface area contributed by atoms with Crippen molar-refractivity contribution < 1.29 is 8.39 Å². The van der Waals surface area contributed by atoms with Crippen molar-refractivity contribution in [2.75, 3.05) is 4.67 Å². The number of nitrogens with zero attached hydrogens (tertiary/aromatic N) is 1. The fourth-order valence-electron chi connectivity index (χ4n) is 8.25. The largest absolute Gasteiger partial charge is 0.407 e. The molecule has 1 aliphatic carbocycles. The second kappa shape index (κ2) is 17.0. The van der Waals surface area contributed by atoms with E-state index in [0.717, 1.165) is 17.6 Å². The first kappa shape index (κ1) is 43.0. The molecule has 1 heterocycles. The zero-order valence-corrected chi connectivity index (χ0v) is 37.6. The molecule has 3 aromatic rings. The Balaban J connectivity index is 2.23. The summed E-state index contributed by atoms with van der Waals surface area (Å²) in [6.45, 7) is 35.6. The summed E-state index contributed by atoms with van der Waals surface area (Å²) in [4.78, 5) is 0. The minimum Gasteiger partial charge on any atom is -0.407 e. The first-order valence-corrected chi connectivity index (χ1v) is 22.5. The van der Waals surface area contributed by atoms with Crippen LogP contribution in [0, 0.1) is 0 Å². The van der Waals surface area contributed by atoms with Crippen LogP contribution in [0.1, 0.15) is 222 Å². The minimum absolute atomic E-state index is 0.0113. The van der Waals surface area contributed by atoms with Crippen LogP contribution in [-0.4, -0.2) is 11.6 Å². The van der Waals surface area contributed by atoms with E-state index in [4.69, 9.17) is 8.39 Å². The molecule has 0 spiro atoms. The number of benzene rings is 2. The van der Waals surface area contributed by atoms with Crippen molar-refractivity contribution in [1.82, 2.24) is 0 Å². The van der Waals surface area contributed by atoms with Crippen molar-refractivity contribution in [2.24, 2.45) is 0 Å². The van der Waals surface area contributed by atoms with Gasteiger partial charge in [0.05, 0.1) is 0 Å². The van der Waals surface area contributed by atoms with E-state index in [1.807, 2.05) is 0 Å². The standard InChI is InChI=1S/C48H80NO2P/c1-16-17-27-30-48(14,15)49(37-28-25-23-21-19-18-20-22-24-26-29-37)52-50-42-38(31-35(44(2,3)4)33-40(42)46(8,9)10)39-32-36(45(5,6)7)34-41(43(39)51-52)47(11,12)13/h31-34,37H,16-30H2,1-15H3. The zero-order valence-electron chi connectivity index (χ0n) is 36.7. The summed E-state index contributed by atoms with van der Waals surface area (Å²) in [7, 11) is -1.48. The SMILES string of the molecule is CCCCCC(C)(C)N(C1CCCCCCCCCCC1)p1oc2c(C(C)(C)C)cc(C(C)(C)C)cc2c2cc(C(C)(C)C)cc(C(C)(C)C)c2o1. The summed E-state index contributed by atoms with van der Waals surface area (Å²) < 4.78 is 18.2. The lowest BCUT2D eigenvalue weighted by Crippen LogP contribution is -2.48. The number of hydrogen-bond acceptors (Lipinski definition) is 3. The van der Waals surface area contributed by atoms with E-state index in [-0.39, 0.29) is 27.2 Å². The molecule has 2 aromatic carbocycles. The summed E-state index contributed by atoms with van der Waals surface area (Å²) >= 11 is 0. The van der Waals surface area contributed by atoms with Crippen LogP contribution in [0.25, 0.3) is 21.9 Å². The van der Waals surface area contributed by atoms with E-state index in [0.29, 0.717) is 6.04 Å². The first-order valence-electron chi connectivity index (χ1n) is 21.4. The topological polar surface area (TPSA) is 29.5 Å². The summed E-state index contributed by atoms with van der Waals surface area (Å²) in [6, 6.07) is 10.3. The molecule has 0 bridgehead atoms. The number of hydrogen-bond donors (Lipinski definition) is 0. The molecule has 0 unspecified atom stereocenters. The van der Waals surface area contributed by atoms with Gasteiger partial charge in [-0.05, 0) is 78.0 Å². The second-order valence-electron chi connectivity index (χ2n) is 21.2. The van der Waals surface area contributed by atoms with Crippen molar-refractivity contribution in [2.45, 2.75) is 233 Å². The van der Waals surface area contributed by atoms with Crippen LogP contribution >= 0.6 is 8.16 Å². The van der Waals surface area contributed by atoms with Gasteiger partial charge < -0.3 is 8.39 Å². The molecule has 1 aliphatic rings. The molecular weight excluding hydrogens is 654 g/mol. The summed E-state index contributed by atoms with van der Waals surface area (Å²) in [6.07, 6.45) is 19.5. The Hall–Kier alpha value is -1.70. The third-order valence-electron chi connectivity index (χ3n) is 11.8. The highest BCUT2D eigenvalue weighted by atomic mass is 31.1. The van der Waals surface area contributed by atoms with Crippen LogP contribution in [0.5, 0.6) is 0 Å². The average Bonchev–Trinajstić information content (AvgIpc) is 3.16. The highest BCUT2D eigenvalue weighted by Crippen LogP contribution is 2.49. The molecular formula is C48H80NO2P. The quantitative estimate of drug-likeness (QED) is 0.226. The fourth-order valence-corrected chi connectivity index (χ4v) is 10.2. The fraction of sp³-hybridized carbons (Fsp3) is 0.750. The number of unbranched alkanes of at least 4 members (excludes halogenated alkanes) is 2. The van der Waals surface area contributed by atoms with Gasteiger partial charge in [0.25, 0.3) is 0 Å². The van der Waals surface area contributed by atoms with Crippen molar-refractivity contribution in [3.8, 4) is 0 Å². The van der Waals surface area contributed by atoms with E-state index < -0.39 is 8.16 Å². The van der Waals surface area contributed by atoms with Crippen LogP contribution in [0.4, 0.5) is 0 Å². The normalized spacial score (nSPS) is 17.1. The molecule has 1 fully saturated rings.